The van der Waals surface area contributed by atoms with Gasteiger partial charge in [0.05, 0.1) is 5.41 Å². The van der Waals surface area contributed by atoms with Gasteiger partial charge in [-0.25, -0.2) is 4.98 Å². The molecule has 2 rings (SSSR count). The van der Waals surface area contributed by atoms with Crippen molar-refractivity contribution in [1.82, 2.24) is 35.0 Å². The monoisotopic (exact) mass is 310 g/mol. The Morgan fingerprint density at radius 1 is 1.38 bits per heavy atom. The van der Waals surface area contributed by atoms with Crippen molar-refractivity contribution in [2.45, 2.75) is 13.8 Å². The average molecular weight is 311 g/mol. The van der Waals surface area contributed by atoms with Crippen LogP contribution in [0.25, 0.3) is 5.95 Å². The smallest absolute Gasteiger partial charge is 0.258 e. The van der Waals surface area contributed by atoms with Crippen LogP contribution in [0.1, 0.15) is 13.8 Å². The first kappa shape index (κ1) is 15.1. The molecule has 0 bridgehead atoms. The maximum Gasteiger partial charge on any atom is 0.258 e. The molecule has 2 heterocycles. The first-order valence-electron chi connectivity index (χ1n) is 6.15. The molecule has 0 unspecified atom stereocenters. The van der Waals surface area contributed by atoms with E-state index in [1.807, 2.05) is 0 Å². The maximum atomic E-state index is 11.7. The molecule has 2 aromatic heterocycles. The number of aromatic nitrogens is 6. The van der Waals surface area contributed by atoms with Crippen LogP contribution >= 0.6 is 11.6 Å². The van der Waals surface area contributed by atoms with Gasteiger partial charge in [-0.15, -0.1) is 0 Å². The lowest BCUT2D eigenvalue weighted by molar-refractivity contribution is -0.128. The molecule has 2 N–H and O–H groups in total. The normalized spacial score (nSPS) is 11.2. The largest absolute Gasteiger partial charge is 0.359 e. The lowest BCUT2D eigenvalue weighted by Gasteiger charge is -2.22. The van der Waals surface area contributed by atoms with Gasteiger partial charge < -0.3 is 10.6 Å². The van der Waals surface area contributed by atoms with Gasteiger partial charge in [-0.05, 0) is 25.4 Å². The maximum absolute atomic E-state index is 11.7. The van der Waals surface area contributed by atoms with E-state index in [1.165, 1.54) is 17.3 Å². The molecule has 1 amide bonds. The molecule has 0 radical (unpaired) electrons. The Morgan fingerprint density at radius 2 is 2.14 bits per heavy atom. The minimum atomic E-state index is -0.624. The summed E-state index contributed by atoms with van der Waals surface area (Å²) in [7, 11) is 1.59. The van der Waals surface area contributed by atoms with Crippen LogP contribution in [0.3, 0.4) is 0 Å². The Labute approximate surface area is 126 Å². The second kappa shape index (κ2) is 6.00. The van der Waals surface area contributed by atoms with Gasteiger partial charge in [0.1, 0.15) is 12.7 Å². The molecular formula is C11H15ClN8O. The van der Waals surface area contributed by atoms with E-state index in [0.29, 0.717) is 6.54 Å². The third kappa shape index (κ3) is 3.63. The van der Waals surface area contributed by atoms with Crippen molar-refractivity contribution < 1.29 is 4.79 Å². The number of nitrogens with one attached hydrogen (secondary N) is 2. The third-order valence-electron chi connectivity index (χ3n) is 2.75. The second-order valence-electron chi connectivity index (χ2n) is 4.88. The second-order valence-corrected chi connectivity index (χ2v) is 5.22. The zero-order valence-electron chi connectivity index (χ0n) is 11.8. The fourth-order valence-corrected chi connectivity index (χ4v) is 1.71. The Morgan fingerprint density at radius 3 is 2.76 bits per heavy atom. The summed E-state index contributed by atoms with van der Waals surface area (Å²) in [6, 6.07) is 0. The molecule has 0 saturated heterocycles. The molecule has 112 valence electrons. The number of hydrogen-bond donors (Lipinski definition) is 2. The Bertz CT molecular complexity index is 627. The topological polar surface area (TPSA) is 111 Å². The third-order valence-corrected chi connectivity index (χ3v) is 2.92. The predicted octanol–water partition coefficient (Wildman–Crippen LogP) is 0.290. The van der Waals surface area contributed by atoms with Gasteiger partial charge in [-0.2, -0.15) is 24.7 Å². The van der Waals surface area contributed by atoms with Crippen molar-refractivity contribution in [2.24, 2.45) is 5.41 Å². The number of amides is 1. The van der Waals surface area contributed by atoms with E-state index in [9.17, 15) is 4.79 Å². The molecule has 9 nitrogen and oxygen atoms in total. The highest BCUT2D eigenvalue weighted by molar-refractivity contribution is 6.28. The van der Waals surface area contributed by atoms with Crippen LogP contribution < -0.4 is 10.6 Å². The molecule has 0 aliphatic heterocycles. The van der Waals surface area contributed by atoms with E-state index >= 15 is 0 Å². The summed E-state index contributed by atoms with van der Waals surface area (Å²) in [6.07, 6.45) is 2.81. The molecule has 21 heavy (non-hydrogen) atoms. The van der Waals surface area contributed by atoms with E-state index in [2.05, 4.69) is 35.7 Å². The molecule has 0 atom stereocenters. The Balaban J connectivity index is 2.16. The molecule has 0 spiro atoms. The van der Waals surface area contributed by atoms with Crippen molar-refractivity contribution in [3.63, 3.8) is 0 Å². The van der Waals surface area contributed by atoms with E-state index in [4.69, 9.17) is 11.6 Å². The van der Waals surface area contributed by atoms with Gasteiger partial charge in [0.25, 0.3) is 5.95 Å². The zero-order valence-corrected chi connectivity index (χ0v) is 12.6. The van der Waals surface area contributed by atoms with Crippen molar-refractivity contribution >= 4 is 23.5 Å². The minimum absolute atomic E-state index is 0.0238. The van der Waals surface area contributed by atoms with Crippen LogP contribution in [-0.2, 0) is 4.79 Å². The quantitative estimate of drug-likeness (QED) is 0.816. The van der Waals surface area contributed by atoms with Crippen LogP contribution in [0.5, 0.6) is 0 Å². The predicted molar refractivity (Wildman–Crippen MR) is 76.1 cm³/mol. The first-order valence-corrected chi connectivity index (χ1v) is 6.53. The summed E-state index contributed by atoms with van der Waals surface area (Å²) in [5.74, 6) is 0.414. The van der Waals surface area contributed by atoms with Gasteiger partial charge in [-0.3, -0.25) is 4.79 Å². The van der Waals surface area contributed by atoms with Crippen LogP contribution in [0, 0.1) is 5.41 Å². The SMILES string of the molecule is CNC(=O)C(C)(C)CNc1nc(Cl)nc(-n2cncn2)n1. The van der Waals surface area contributed by atoms with Crippen LogP contribution in [0.15, 0.2) is 12.7 Å². The average Bonchev–Trinajstić information content (AvgIpc) is 2.98. The lowest BCUT2D eigenvalue weighted by Crippen LogP contribution is -2.39. The number of hydrogen-bond acceptors (Lipinski definition) is 7. The molecule has 0 saturated carbocycles. The Kier molecular flexibility index (Phi) is 4.32. The summed E-state index contributed by atoms with van der Waals surface area (Å²) in [5.41, 5.74) is -0.624. The Hall–Kier alpha value is -2.29. The van der Waals surface area contributed by atoms with Crippen molar-refractivity contribution in [3.8, 4) is 5.95 Å². The first-order chi connectivity index (χ1) is 9.92. The molecule has 0 aliphatic carbocycles. The van der Waals surface area contributed by atoms with Crippen molar-refractivity contribution in [2.75, 3.05) is 18.9 Å². The number of carbonyl (C=O) groups excluding carboxylic acids is 1. The van der Waals surface area contributed by atoms with Crippen LogP contribution in [-0.4, -0.2) is 49.2 Å². The number of carbonyl (C=O) groups is 1. The van der Waals surface area contributed by atoms with E-state index in [-0.39, 0.29) is 23.1 Å². The van der Waals surface area contributed by atoms with Gasteiger partial charge in [0.2, 0.25) is 17.1 Å². The van der Waals surface area contributed by atoms with E-state index < -0.39 is 5.41 Å². The van der Waals surface area contributed by atoms with Crippen LogP contribution in [0.2, 0.25) is 5.28 Å². The van der Waals surface area contributed by atoms with Gasteiger partial charge in [0.15, 0.2) is 0 Å². The standard InChI is InChI=1S/C11H15ClN8O/c1-11(2,7(21)13-3)4-15-9-17-8(12)18-10(19-9)20-6-14-5-16-20/h5-6H,4H2,1-3H3,(H,13,21)(H,15,17,18,19). The highest BCUT2D eigenvalue weighted by Crippen LogP contribution is 2.16. The van der Waals surface area contributed by atoms with Gasteiger partial charge >= 0.3 is 0 Å². The number of anilines is 1. The van der Waals surface area contributed by atoms with Crippen LogP contribution in [0.4, 0.5) is 5.95 Å². The fourth-order valence-electron chi connectivity index (χ4n) is 1.55. The number of nitrogens with zero attached hydrogens (tertiary/aromatic N) is 6. The molecule has 0 aliphatic rings. The molecule has 0 fully saturated rings. The van der Waals surface area contributed by atoms with Crippen molar-refractivity contribution in [1.29, 1.82) is 0 Å². The highest BCUT2D eigenvalue weighted by Gasteiger charge is 2.26. The molecule has 2 aromatic rings. The summed E-state index contributed by atoms with van der Waals surface area (Å²) in [6.45, 7) is 3.95. The summed E-state index contributed by atoms with van der Waals surface area (Å²) >= 11 is 5.86. The minimum Gasteiger partial charge on any atom is -0.359 e. The lowest BCUT2D eigenvalue weighted by atomic mass is 9.92. The summed E-state index contributed by atoms with van der Waals surface area (Å²) in [4.78, 5) is 27.6. The molecular weight excluding hydrogens is 296 g/mol. The summed E-state index contributed by atoms with van der Waals surface area (Å²) in [5, 5.41) is 9.53. The van der Waals surface area contributed by atoms with Crippen molar-refractivity contribution in [3.05, 3.63) is 17.9 Å². The van der Waals surface area contributed by atoms with Gasteiger partial charge in [-0.1, -0.05) is 0 Å². The van der Waals surface area contributed by atoms with E-state index in [0.717, 1.165) is 0 Å². The fraction of sp³-hybridized carbons (Fsp3) is 0.455. The molecule has 10 heteroatoms. The zero-order chi connectivity index (χ0) is 15.5. The number of rotatable bonds is 5. The summed E-state index contributed by atoms with van der Waals surface area (Å²) < 4.78 is 1.36. The number of halogens is 1. The van der Waals surface area contributed by atoms with Gasteiger partial charge in [0, 0.05) is 13.6 Å². The molecule has 0 aromatic carbocycles. The van der Waals surface area contributed by atoms with E-state index in [1.54, 1.807) is 20.9 Å². The highest BCUT2D eigenvalue weighted by atomic mass is 35.5.